The van der Waals surface area contributed by atoms with Crippen LogP contribution in [0.25, 0.3) is 0 Å². The number of aryl methyl sites for hydroxylation is 1. The summed E-state index contributed by atoms with van der Waals surface area (Å²) in [4.78, 5) is 0. The molecule has 4 rings (SSSR count). The Bertz CT molecular complexity index is 494. The number of rotatable bonds is 3. The van der Waals surface area contributed by atoms with Gasteiger partial charge in [0.25, 0.3) is 5.92 Å². The van der Waals surface area contributed by atoms with Crippen molar-refractivity contribution < 1.29 is 13.9 Å². The van der Waals surface area contributed by atoms with E-state index >= 15 is 0 Å². The number of halogens is 2. The fourth-order valence-corrected chi connectivity index (χ4v) is 4.06. The van der Waals surface area contributed by atoms with Crippen LogP contribution in [0.1, 0.15) is 56.8 Å². The van der Waals surface area contributed by atoms with Crippen LogP contribution in [0.3, 0.4) is 0 Å². The lowest BCUT2D eigenvalue weighted by atomic mass is 9.53. The van der Waals surface area contributed by atoms with Gasteiger partial charge in [0, 0.05) is 31.7 Å². The van der Waals surface area contributed by atoms with Crippen LogP contribution in [-0.4, -0.2) is 21.5 Å². The maximum absolute atomic E-state index is 13.5. The van der Waals surface area contributed by atoms with Crippen LogP contribution in [-0.2, 0) is 18.4 Å². The first kappa shape index (κ1) is 14.0. The molecule has 0 atom stereocenters. The highest BCUT2D eigenvalue weighted by Gasteiger charge is 2.50. The number of aromatic nitrogens is 2. The zero-order chi connectivity index (χ0) is 14.6. The minimum atomic E-state index is -2.88. The molecule has 2 bridgehead atoms. The van der Waals surface area contributed by atoms with Crippen molar-refractivity contribution in [2.24, 2.45) is 12.5 Å². The highest BCUT2D eigenvalue weighted by atomic mass is 19.3. The fourth-order valence-electron chi connectivity index (χ4n) is 4.06. The SMILES string of the molecule is Cn1nc(C(C)(F)F)cc1C12CCC(CO)(CC1)CC2. The van der Waals surface area contributed by atoms with Gasteiger partial charge < -0.3 is 5.11 Å². The number of hydrogen-bond acceptors (Lipinski definition) is 2. The molecule has 1 aromatic rings. The molecule has 0 spiro atoms. The number of aliphatic hydroxyl groups excluding tert-OH is 1. The van der Waals surface area contributed by atoms with Crippen molar-refractivity contribution in [3.8, 4) is 0 Å². The van der Waals surface area contributed by atoms with Crippen molar-refractivity contribution in [1.29, 1.82) is 0 Å². The molecule has 0 aromatic carbocycles. The van der Waals surface area contributed by atoms with Crippen molar-refractivity contribution in [3.05, 3.63) is 17.5 Å². The van der Waals surface area contributed by atoms with E-state index in [4.69, 9.17) is 0 Å². The molecule has 1 aromatic heterocycles. The van der Waals surface area contributed by atoms with E-state index in [2.05, 4.69) is 5.10 Å². The molecule has 0 saturated heterocycles. The molecule has 0 radical (unpaired) electrons. The number of aliphatic hydroxyl groups is 1. The number of fused-ring (bicyclic) bond motifs is 3. The van der Waals surface area contributed by atoms with E-state index in [1.165, 1.54) is 0 Å². The fraction of sp³-hybridized carbons (Fsp3) is 0.800. The van der Waals surface area contributed by atoms with E-state index in [-0.39, 0.29) is 23.1 Å². The molecular weight excluding hydrogens is 262 g/mol. The maximum Gasteiger partial charge on any atom is 0.288 e. The van der Waals surface area contributed by atoms with Gasteiger partial charge in [0.2, 0.25) is 0 Å². The monoisotopic (exact) mass is 284 g/mol. The molecule has 20 heavy (non-hydrogen) atoms. The van der Waals surface area contributed by atoms with E-state index < -0.39 is 5.92 Å². The Kier molecular flexibility index (Phi) is 2.98. The summed E-state index contributed by atoms with van der Waals surface area (Å²) in [7, 11) is 1.77. The number of nitrogens with zero attached hydrogens (tertiary/aromatic N) is 2. The lowest BCUT2D eigenvalue weighted by Crippen LogP contribution is -2.46. The van der Waals surface area contributed by atoms with Crippen LogP contribution >= 0.6 is 0 Å². The Morgan fingerprint density at radius 1 is 1.25 bits per heavy atom. The van der Waals surface area contributed by atoms with Crippen LogP contribution in [0.2, 0.25) is 0 Å². The lowest BCUT2D eigenvalue weighted by Gasteiger charge is -2.52. The molecule has 3 fully saturated rings. The highest BCUT2D eigenvalue weighted by Crippen LogP contribution is 2.57. The van der Waals surface area contributed by atoms with E-state index in [0.717, 1.165) is 51.1 Å². The Labute approximate surface area is 118 Å². The summed E-state index contributed by atoms with van der Waals surface area (Å²) in [5.74, 6) is -2.88. The van der Waals surface area contributed by atoms with Crippen molar-refractivity contribution in [2.75, 3.05) is 6.61 Å². The van der Waals surface area contributed by atoms with Gasteiger partial charge in [0.05, 0.1) is 0 Å². The van der Waals surface area contributed by atoms with Crippen LogP contribution in [0, 0.1) is 5.41 Å². The molecule has 112 valence electrons. The third-order valence-corrected chi connectivity index (χ3v) is 5.61. The molecule has 1 heterocycles. The average Bonchev–Trinajstić information content (AvgIpc) is 2.84. The molecule has 0 unspecified atom stereocenters. The summed E-state index contributed by atoms with van der Waals surface area (Å²) in [6.07, 6.45) is 5.90. The molecule has 3 aliphatic rings. The van der Waals surface area contributed by atoms with Gasteiger partial charge in [-0.05, 0) is 50.0 Å². The van der Waals surface area contributed by atoms with Gasteiger partial charge in [-0.25, -0.2) is 0 Å². The van der Waals surface area contributed by atoms with Crippen molar-refractivity contribution >= 4 is 0 Å². The Morgan fingerprint density at radius 2 is 1.80 bits per heavy atom. The first-order valence-corrected chi connectivity index (χ1v) is 7.34. The zero-order valence-electron chi connectivity index (χ0n) is 12.1. The number of alkyl halides is 2. The third-order valence-electron chi connectivity index (χ3n) is 5.61. The normalized spacial score (nSPS) is 33.6. The maximum atomic E-state index is 13.5. The van der Waals surface area contributed by atoms with Gasteiger partial charge in [-0.2, -0.15) is 13.9 Å². The van der Waals surface area contributed by atoms with Gasteiger partial charge >= 0.3 is 0 Å². The van der Waals surface area contributed by atoms with Crippen molar-refractivity contribution in [1.82, 2.24) is 9.78 Å². The quantitative estimate of drug-likeness (QED) is 0.926. The van der Waals surface area contributed by atoms with Crippen molar-refractivity contribution in [2.45, 2.75) is 56.8 Å². The minimum Gasteiger partial charge on any atom is -0.396 e. The second-order valence-corrected chi connectivity index (χ2v) is 6.87. The molecule has 1 N–H and O–H groups in total. The largest absolute Gasteiger partial charge is 0.396 e. The Hall–Kier alpha value is -0.970. The minimum absolute atomic E-state index is 0.0117. The molecule has 5 heteroatoms. The van der Waals surface area contributed by atoms with Gasteiger partial charge in [0.1, 0.15) is 5.69 Å². The summed E-state index contributed by atoms with van der Waals surface area (Å²) >= 11 is 0. The van der Waals surface area contributed by atoms with E-state index in [1.54, 1.807) is 17.8 Å². The summed E-state index contributed by atoms with van der Waals surface area (Å²) < 4.78 is 28.6. The van der Waals surface area contributed by atoms with Crippen LogP contribution < -0.4 is 0 Å². The van der Waals surface area contributed by atoms with Gasteiger partial charge in [0.15, 0.2) is 0 Å². The molecule has 3 aliphatic carbocycles. The lowest BCUT2D eigenvalue weighted by molar-refractivity contribution is -0.00947. The molecular formula is C15H22F2N2O. The molecule has 0 amide bonds. The standard InChI is InChI=1S/C15H22F2N2O/c1-13(16,17)11-9-12(19(2)18-11)15-6-3-14(10-20,4-7-15)5-8-15/h9,20H,3-8,10H2,1-2H3. The smallest absolute Gasteiger partial charge is 0.288 e. The Morgan fingerprint density at radius 3 is 2.20 bits per heavy atom. The first-order chi connectivity index (χ1) is 9.30. The van der Waals surface area contributed by atoms with Gasteiger partial charge in [-0.15, -0.1) is 0 Å². The molecule has 3 saturated carbocycles. The van der Waals surface area contributed by atoms with E-state index in [0.29, 0.717) is 0 Å². The molecule has 0 aliphatic heterocycles. The predicted octanol–water partition coefficient (Wildman–Crippen LogP) is 3.12. The highest BCUT2D eigenvalue weighted by molar-refractivity contribution is 5.26. The van der Waals surface area contributed by atoms with Gasteiger partial charge in [-0.3, -0.25) is 4.68 Å². The van der Waals surface area contributed by atoms with Crippen molar-refractivity contribution in [3.63, 3.8) is 0 Å². The van der Waals surface area contributed by atoms with Crippen LogP contribution in [0.15, 0.2) is 6.07 Å². The zero-order valence-corrected chi connectivity index (χ0v) is 12.1. The van der Waals surface area contributed by atoms with E-state index in [9.17, 15) is 13.9 Å². The topological polar surface area (TPSA) is 38.0 Å². The summed E-state index contributed by atoms with van der Waals surface area (Å²) in [6, 6.07) is 1.59. The Balaban J connectivity index is 1.93. The van der Waals surface area contributed by atoms with E-state index in [1.807, 2.05) is 0 Å². The second kappa shape index (κ2) is 4.26. The third kappa shape index (κ3) is 1.98. The summed E-state index contributed by atoms with van der Waals surface area (Å²) in [5, 5.41) is 13.6. The number of hydrogen-bond donors (Lipinski definition) is 1. The van der Waals surface area contributed by atoms with Crippen LogP contribution in [0.4, 0.5) is 8.78 Å². The second-order valence-electron chi connectivity index (χ2n) is 6.87. The summed E-state index contributed by atoms with van der Waals surface area (Å²) in [5.41, 5.74) is 0.897. The predicted molar refractivity (Wildman–Crippen MR) is 71.7 cm³/mol. The average molecular weight is 284 g/mol. The van der Waals surface area contributed by atoms with Gasteiger partial charge in [-0.1, -0.05) is 0 Å². The first-order valence-electron chi connectivity index (χ1n) is 7.34. The summed E-state index contributed by atoms with van der Waals surface area (Å²) in [6.45, 7) is 1.15. The molecule has 3 nitrogen and oxygen atoms in total. The van der Waals surface area contributed by atoms with Crippen LogP contribution in [0.5, 0.6) is 0 Å².